The third kappa shape index (κ3) is 5.68. The van der Waals surface area contributed by atoms with E-state index < -0.39 is 24.3 Å². The molecule has 0 aliphatic carbocycles. The highest BCUT2D eigenvalue weighted by Crippen LogP contribution is 2.15. The molecule has 0 saturated carbocycles. The molecule has 114 valence electrons. The van der Waals surface area contributed by atoms with E-state index in [4.69, 9.17) is 0 Å². The topological polar surface area (TPSA) is 79.8 Å². The van der Waals surface area contributed by atoms with Crippen molar-refractivity contribution in [3.05, 3.63) is 10.5 Å². The smallest absolute Gasteiger partial charge is 0.346 e. The first kappa shape index (κ1) is 16.6. The van der Waals surface area contributed by atoms with Crippen LogP contribution in [0.25, 0.3) is 0 Å². The largest absolute Gasteiger partial charge is 0.405 e. The van der Waals surface area contributed by atoms with Gasteiger partial charge in [0.25, 0.3) is 0 Å². The Bertz CT molecular complexity index is 497. The number of thioether (sulfide) groups is 1. The summed E-state index contributed by atoms with van der Waals surface area (Å²) in [7, 11) is 0. The van der Waals surface area contributed by atoms with Crippen LogP contribution in [0, 0.1) is 0 Å². The molecular weight excluding hydrogens is 297 g/mol. The Kier molecular flexibility index (Phi) is 6.11. The van der Waals surface area contributed by atoms with Crippen LogP contribution in [-0.2, 0) is 11.3 Å². The molecule has 10 heteroatoms. The number of carbonyl (C=O) groups excluding carboxylic acids is 1. The minimum Gasteiger partial charge on any atom is -0.346 e. The predicted octanol–water partition coefficient (Wildman–Crippen LogP) is 1.14. The van der Waals surface area contributed by atoms with Gasteiger partial charge in [-0.05, 0) is 6.42 Å². The van der Waals surface area contributed by atoms with Crippen LogP contribution in [0.3, 0.4) is 0 Å². The molecule has 6 nitrogen and oxygen atoms in total. The molecule has 0 aliphatic rings. The van der Waals surface area contributed by atoms with Gasteiger partial charge < -0.3 is 5.32 Å². The standard InChI is InChI=1S/C10H15F3N4O2S/c1-2-3-4-17-8(19)15-16-9(17)20-5-7(18)14-6-10(11,12)13/h2-6H2,1H3,(H,14,18)(H,15,19). The highest BCUT2D eigenvalue weighted by molar-refractivity contribution is 7.99. The second kappa shape index (κ2) is 7.36. The molecule has 0 bridgehead atoms. The fourth-order valence-electron chi connectivity index (χ4n) is 1.31. The van der Waals surface area contributed by atoms with E-state index in [-0.39, 0.29) is 5.75 Å². The fraction of sp³-hybridized carbons (Fsp3) is 0.700. The molecule has 1 aromatic heterocycles. The van der Waals surface area contributed by atoms with E-state index in [0.29, 0.717) is 11.7 Å². The predicted molar refractivity (Wildman–Crippen MR) is 67.5 cm³/mol. The molecule has 0 fully saturated rings. The Labute approximate surface area is 117 Å². The number of amides is 1. The number of aromatic nitrogens is 3. The van der Waals surface area contributed by atoms with Crippen molar-refractivity contribution in [1.82, 2.24) is 20.1 Å². The second-order valence-electron chi connectivity index (χ2n) is 4.00. The van der Waals surface area contributed by atoms with Gasteiger partial charge in [0.05, 0.1) is 5.75 Å². The first-order valence-corrected chi connectivity index (χ1v) is 6.93. The highest BCUT2D eigenvalue weighted by Gasteiger charge is 2.27. The Morgan fingerprint density at radius 1 is 1.50 bits per heavy atom. The van der Waals surface area contributed by atoms with E-state index in [9.17, 15) is 22.8 Å². The summed E-state index contributed by atoms with van der Waals surface area (Å²) >= 11 is 0.918. The summed E-state index contributed by atoms with van der Waals surface area (Å²) in [5, 5.41) is 8.04. The zero-order valence-corrected chi connectivity index (χ0v) is 11.6. The average Bonchev–Trinajstić information content (AvgIpc) is 2.71. The SMILES string of the molecule is CCCCn1c(SCC(=O)NCC(F)(F)F)n[nH]c1=O. The second-order valence-corrected chi connectivity index (χ2v) is 4.94. The average molecular weight is 312 g/mol. The van der Waals surface area contributed by atoms with E-state index >= 15 is 0 Å². The molecule has 1 rings (SSSR count). The van der Waals surface area contributed by atoms with E-state index in [2.05, 4.69) is 10.2 Å². The van der Waals surface area contributed by atoms with Crippen molar-refractivity contribution in [2.45, 2.75) is 37.6 Å². The van der Waals surface area contributed by atoms with Crippen LogP contribution in [0.1, 0.15) is 19.8 Å². The number of H-pyrrole nitrogens is 1. The van der Waals surface area contributed by atoms with Crippen LogP contribution in [-0.4, -0.2) is 39.1 Å². The molecule has 0 aromatic carbocycles. The molecule has 0 radical (unpaired) electrons. The third-order valence-electron chi connectivity index (χ3n) is 2.28. The molecule has 0 unspecified atom stereocenters. The number of alkyl halides is 3. The Hall–Kier alpha value is -1.45. The number of aromatic amines is 1. The zero-order chi connectivity index (χ0) is 15.2. The van der Waals surface area contributed by atoms with Crippen molar-refractivity contribution in [3.8, 4) is 0 Å². The molecule has 1 aromatic rings. The number of nitrogens with zero attached hydrogens (tertiary/aromatic N) is 2. The molecule has 0 atom stereocenters. The van der Waals surface area contributed by atoms with Gasteiger partial charge >= 0.3 is 11.9 Å². The van der Waals surface area contributed by atoms with Gasteiger partial charge in [-0.1, -0.05) is 25.1 Å². The van der Waals surface area contributed by atoms with Crippen molar-refractivity contribution in [1.29, 1.82) is 0 Å². The van der Waals surface area contributed by atoms with Crippen LogP contribution in [0.15, 0.2) is 9.95 Å². The van der Waals surface area contributed by atoms with E-state index in [0.717, 1.165) is 24.6 Å². The van der Waals surface area contributed by atoms with E-state index in [1.165, 1.54) is 4.57 Å². The lowest BCUT2D eigenvalue weighted by Gasteiger charge is -2.08. The monoisotopic (exact) mass is 312 g/mol. The number of carbonyl (C=O) groups is 1. The van der Waals surface area contributed by atoms with Crippen LogP contribution >= 0.6 is 11.8 Å². The van der Waals surface area contributed by atoms with Gasteiger partial charge in [0.15, 0.2) is 5.16 Å². The highest BCUT2D eigenvalue weighted by atomic mass is 32.2. The maximum absolute atomic E-state index is 11.9. The normalized spacial score (nSPS) is 11.6. The van der Waals surface area contributed by atoms with Crippen molar-refractivity contribution in [2.75, 3.05) is 12.3 Å². The summed E-state index contributed by atoms with van der Waals surface area (Å²) in [5.41, 5.74) is -0.392. The molecule has 2 N–H and O–H groups in total. The minimum atomic E-state index is -4.43. The Balaban J connectivity index is 2.49. The Morgan fingerprint density at radius 2 is 2.20 bits per heavy atom. The van der Waals surface area contributed by atoms with Crippen molar-refractivity contribution in [3.63, 3.8) is 0 Å². The van der Waals surface area contributed by atoms with Gasteiger partial charge in [-0.2, -0.15) is 13.2 Å². The van der Waals surface area contributed by atoms with E-state index in [1.807, 2.05) is 6.92 Å². The molecule has 1 amide bonds. The number of hydrogen-bond donors (Lipinski definition) is 2. The van der Waals surface area contributed by atoms with Crippen LogP contribution in [0.4, 0.5) is 13.2 Å². The molecule has 1 heterocycles. The maximum atomic E-state index is 11.9. The zero-order valence-electron chi connectivity index (χ0n) is 10.8. The fourth-order valence-corrected chi connectivity index (χ4v) is 2.11. The first-order chi connectivity index (χ1) is 9.33. The summed E-state index contributed by atoms with van der Waals surface area (Å²) in [6.45, 7) is 1.05. The number of halogens is 3. The molecular formula is C10H15F3N4O2S. The van der Waals surface area contributed by atoms with Gasteiger partial charge in [-0.25, -0.2) is 9.89 Å². The number of rotatable bonds is 7. The third-order valence-corrected chi connectivity index (χ3v) is 3.25. The van der Waals surface area contributed by atoms with E-state index in [1.54, 1.807) is 5.32 Å². The van der Waals surface area contributed by atoms with Gasteiger partial charge in [0, 0.05) is 6.54 Å². The molecule has 0 spiro atoms. The molecule has 20 heavy (non-hydrogen) atoms. The lowest BCUT2D eigenvalue weighted by atomic mass is 10.3. The van der Waals surface area contributed by atoms with Gasteiger partial charge in [0.2, 0.25) is 5.91 Å². The lowest BCUT2D eigenvalue weighted by Crippen LogP contribution is -2.34. The van der Waals surface area contributed by atoms with Gasteiger partial charge in [-0.3, -0.25) is 9.36 Å². The molecule has 0 saturated heterocycles. The lowest BCUT2D eigenvalue weighted by molar-refractivity contribution is -0.136. The number of nitrogens with one attached hydrogen (secondary N) is 2. The summed E-state index contributed by atoms with van der Waals surface area (Å²) in [6.07, 6.45) is -2.78. The molecule has 0 aliphatic heterocycles. The summed E-state index contributed by atoms with van der Waals surface area (Å²) in [4.78, 5) is 22.7. The summed E-state index contributed by atoms with van der Waals surface area (Å²) < 4.78 is 37.1. The van der Waals surface area contributed by atoms with Crippen molar-refractivity contribution < 1.29 is 18.0 Å². The van der Waals surface area contributed by atoms with Crippen LogP contribution in [0.5, 0.6) is 0 Å². The van der Waals surface area contributed by atoms with Crippen molar-refractivity contribution >= 4 is 17.7 Å². The Morgan fingerprint density at radius 3 is 2.80 bits per heavy atom. The summed E-state index contributed by atoms with van der Waals surface area (Å²) in [5.74, 6) is -0.989. The summed E-state index contributed by atoms with van der Waals surface area (Å²) in [6, 6.07) is 0. The van der Waals surface area contributed by atoms with Crippen LogP contribution < -0.4 is 11.0 Å². The van der Waals surface area contributed by atoms with Gasteiger partial charge in [-0.15, -0.1) is 5.10 Å². The van der Waals surface area contributed by atoms with Crippen LogP contribution in [0.2, 0.25) is 0 Å². The first-order valence-electron chi connectivity index (χ1n) is 5.95. The van der Waals surface area contributed by atoms with Crippen molar-refractivity contribution in [2.24, 2.45) is 0 Å². The maximum Gasteiger partial charge on any atom is 0.405 e. The van der Waals surface area contributed by atoms with Gasteiger partial charge in [0.1, 0.15) is 6.54 Å². The quantitative estimate of drug-likeness (QED) is 0.740. The minimum absolute atomic E-state index is 0.230. The number of unbranched alkanes of at least 4 members (excludes halogenated alkanes) is 1. The number of hydrogen-bond acceptors (Lipinski definition) is 4.